The molecule has 0 saturated heterocycles. The third kappa shape index (κ3) is 2.64. The van der Waals surface area contributed by atoms with Crippen LogP contribution in [0.4, 0.5) is 0 Å². The van der Waals surface area contributed by atoms with Crippen LogP contribution < -0.4 is 5.73 Å². The van der Waals surface area contributed by atoms with Gasteiger partial charge in [0, 0.05) is 6.04 Å². The maximum Gasteiger partial charge on any atom is 0.0656 e. The van der Waals surface area contributed by atoms with E-state index in [-0.39, 0.29) is 11.6 Å². The number of aromatic nitrogens is 2. The van der Waals surface area contributed by atoms with Crippen molar-refractivity contribution in [2.75, 3.05) is 0 Å². The Morgan fingerprint density at radius 1 is 1.38 bits per heavy atom. The molecule has 2 unspecified atom stereocenters. The molecule has 16 heavy (non-hydrogen) atoms. The maximum absolute atomic E-state index is 6.01. The molecule has 1 heterocycles. The molecule has 0 saturated carbocycles. The molecule has 0 spiro atoms. The zero-order valence-corrected chi connectivity index (χ0v) is 11.4. The summed E-state index contributed by atoms with van der Waals surface area (Å²) in [5.41, 5.74) is 8.28. The van der Waals surface area contributed by atoms with E-state index in [1.54, 1.807) is 0 Å². The molecule has 0 aliphatic carbocycles. The SMILES string of the molecule is CCC(C)c1cc(C(C)N)n(C(C)(C)C)n1. The molecule has 0 bridgehead atoms. The van der Waals surface area contributed by atoms with Crippen LogP contribution in [-0.2, 0) is 5.54 Å². The number of nitrogens with two attached hydrogens (primary N) is 1. The van der Waals surface area contributed by atoms with Crippen molar-refractivity contribution < 1.29 is 0 Å². The number of hydrogen-bond donors (Lipinski definition) is 1. The fraction of sp³-hybridized carbons (Fsp3) is 0.769. The smallest absolute Gasteiger partial charge is 0.0656 e. The van der Waals surface area contributed by atoms with Gasteiger partial charge in [0.1, 0.15) is 0 Å². The van der Waals surface area contributed by atoms with E-state index in [4.69, 9.17) is 10.8 Å². The van der Waals surface area contributed by atoms with Gasteiger partial charge in [-0.2, -0.15) is 5.10 Å². The predicted octanol–water partition coefficient (Wildman–Crippen LogP) is 3.17. The van der Waals surface area contributed by atoms with Crippen LogP contribution in [0.25, 0.3) is 0 Å². The van der Waals surface area contributed by atoms with Gasteiger partial charge >= 0.3 is 0 Å². The summed E-state index contributed by atoms with van der Waals surface area (Å²) < 4.78 is 2.07. The molecule has 3 heteroatoms. The van der Waals surface area contributed by atoms with Crippen LogP contribution in [0.5, 0.6) is 0 Å². The topological polar surface area (TPSA) is 43.8 Å². The van der Waals surface area contributed by atoms with Gasteiger partial charge in [-0.05, 0) is 46.1 Å². The molecule has 1 rings (SSSR count). The van der Waals surface area contributed by atoms with E-state index in [2.05, 4.69) is 45.4 Å². The van der Waals surface area contributed by atoms with E-state index < -0.39 is 0 Å². The molecule has 3 nitrogen and oxygen atoms in total. The van der Waals surface area contributed by atoms with E-state index in [0.717, 1.165) is 17.8 Å². The minimum atomic E-state index is -0.00528. The molecule has 0 aromatic carbocycles. The second kappa shape index (κ2) is 4.58. The zero-order chi connectivity index (χ0) is 12.5. The van der Waals surface area contributed by atoms with E-state index >= 15 is 0 Å². The molecule has 0 fully saturated rings. The highest BCUT2D eigenvalue weighted by Gasteiger charge is 2.22. The second-order valence-electron chi connectivity index (χ2n) is 5.67. The lowest BCUT2D eigenvalue weighted by Crippen LogP contribution is -2.27. The molecule has 0 radical (unpaired) electrons. The molecule has 0 aliphatic heterocycles. The Balaban J connectivity index is 3.21. The summed E-state index contributed by atoms with van der Waals surface area (Å²) in [5.74, 6) is 0.501. The van der Waals surface area contributed by atoms with Gasteiger partial charge in [0.15, 0.2) is 0 Å². The highest BCUT2D eigenvalue weighted by Crippen LogP contribution is 2.25. The van der Waals surface area contributed by atoms with Gasteiger partial charge in [-0.1, -0.05) is 13.8 Å². The molecule has 92 valence electrons. The zero-order valence-electron chi connectivity index (χ0n) is 11.4. The predicted molar refractivity (Wildman–Crippen MR) is 68.5 cm³/mol. The van der Waals surface area contributed by atoms with Crippen molar-refractivity contribution in [3.63, 3.8) is 0 Å². The maximum atomic E-state index is 6.01. The third-order valence-corrected chi connectivity index (χ3v) is 2.98. The summed E-state index contributed by atoms with van der Waals surface area (Å²) in [4.78, 5) is 0. The van der Waals surface area contributed by atoms with Crippen molar-refractivity contribution in [2.24, 2.45) is 5.73 Å². The lowest BCUT2D eigenvalue weighted by molar-refractivity contribution is 0.334. The summed E-state index contributed by atoms with van der Waals surface area (Å²) >= 11 is 0. The van der Waals surface area contributed by atoms with Crippen LogP contribution in [0.2, 0.25) is 0 Å². The number of rotatable bonds is 3. The largest absolute Gasteiger partial charge is 0.323 e. The molecular formula is C13H25N3. The molecule has 2 atom stereocenters. The van der Waals surface area contributed by atoms with Crippen LogP contribution >= 0.6 is 0 Å². The van der Waals surface area contributed by atoms with Gasteiger partial charge in [-0.3, -0.25) is 4.68 Å². The van der Waals surface area contributed by atoms with Crippen molar-refractivity contribution >= 4 is 0 Å². The van der Waals surface area contributed by atoms with Gasteiger partial charge in [0.25, 0.3) is 0 Å². The Labute approximate surface area is 99.0 Å². The first-order valence-electron chi connectivity index (χ1n) is 6.13. The Morgan fingerprint density at radius 3 is 2.25 bits per heavy atom. The van der Waals surface area contributed by atoms with Gasteiger partial charge in [0.2, 0.25) is 0 Å². The van der Waals surface area contributed by atoms with Gasteiger partial charge in [0.05, 0.1) is 16.9 Å². The highest BCUT2D eigenvalue weighted by atomic mass is 15.3. The fourth-order valence-electron chi connectivity index (χ4n) is 1.73. The minimum absolute atomic E-state index is 0.00528. The monoisotopic (exact) mass is 223 g/mol. The lowest BCUT2D eigenvalue weighted by atomic mass is 10.0. The Hall–Kier alpha value is -0.830. The fourth-order valence-corrected chi connectivity index (χ4v) is 1.73. The van der Waals surface area contributed by atoms with Crippen LogP contribution in [-0.4, -0.2) is 9.78 Å². The van der Waals surface area contributed by atoms with E-state index in [0.29, 0.717) is 5.92 Å². The molecule has 1 aromatic rings. The second-order valence-corrected chi connectivity index (χ2v) is 5.67. The van der Waals surface area contributed by atoms with Crippen LogP contribution in [0.15, 0.2) is 6.07 Å². The van der Waals surface area contributed by atoms with Crippen molar-refractivity contribution in [2.45, 2.75) is 65.5 Å². The Morgan fingerprint density at radius 2 is 1.94 bits per heavy atom. The average molecular weight is 223 g/mol. The number of hydrogen-bond acceptors (Lipinski definition) is 2. The van der Waals surface area contributed by atoms with E-state index in [9.17, 15) is 0 Å². The molecule has 1 aromatic heterocycles. The molecule has 0 aliphatic rings. The molecule has 0 amide bonds. The Bertz CT molecular complexity index is 345. The van der Waals surface area contributed by atoms with Gasteiger partial charge in [-0.25, -0.2) is 0 Å². The summed E-state index contributed by atoms with van der Waals surface area (Å²) in [5, 5.41) is 4.71. The van der Waals surface area contributed by atoms with Crippen LogP contribution in [0.1, 0.15) is 71.3 Å². The Kier molecular flexibility index (Phi) is 3.79. The first kappa shape index (κ1) is 13.2. The lowest BCUT2D eigenvalue weighted by Gasteiger charge is -2.23. The summed E-state index contributed by atoms with van der Waals surface area (Å²) in [6.07, 6.45) is 1.11. The van der Waals surface area contributed by atoms with E-state index in [1.165, 1.54) is 0 Å². The summed E-state index contributed by atoms with van der Waals surface area (Å²) in [6.45, 7) is 12.9. The van der Waals surface area contributed by atoms with Crippen LogP contribution in [0.3, 0.4) is 0 Å². The molecular weight excluding hydrogens is 198 g/mol. The van der Waals surface area contributed by atoms with Crippen molar-refractivity contribution in [3.8, 4) is 0 Å². The summed E-state index contributed by atoms with van der Waals surface area (Å²) in [7, 11) is 0. The third-order valence-electron chi connectivity index (χ3n) is 2.98. The summed E-state index contributed by atoms with van der Waals surface area (Å²) in [6, 6.07) is 2.19. The van der Waals surface area contributed by atoms with Crippen molar-refractivity contribution in [1.82, 2.24) is 9.78 Å². The first-order valence-corrected chi connectivity index (χ1v) is 6.13. The van der Waals surface area contributed by atoms with Crippen LogP contribution in [0, 0.1) is 0 Å². The molecule has 2 N–H and O–H groups in total. The van der Waals surface area contributed by atoms with Crippen molar-refractivity contribution in [1.29, 1.82) is 0 Å². The van der Waals surface area contributed by atoms with E-state index in [1.807, 2.05) is 6.92 Å². The van der Waals surface area contributed by atoms with Gasteiger partial charge in [-0.15, -0.1) is 0 Å². The number of nitrogens with zero attached hydrogens (tertiary/aromatic N) is 2. The average Bonchev–Trinajstić information content (AvgIpc) is 2.60. The quantitative estimate of drug-likeness (QED) is 0.855. The normalized spacial score (nSPS) is 16.2. The van der Waals surface area contributed by atoms with Crippen molar-refractivity contribution in [3.05, 3.63) is 17.5 Å². The highest BCUT2D eigenvalue weighted by molar-refractivity contribution is 5.18. The standard InChI is InChI=1S/C13H25N3/c1-7-9(2)11-8-12(10(3)14)16(15-11)13(4,5)6/h8-10H,7,14H2,1-6H3. The van der Waals surface area contributed by atoms with Gasteiger partial charge < -0.3 is 5.73 Å². The minimum Gasteiger partial charge on any atom is -0.323 e. The first-order chi connectivity index (χ1) is 7.27.